The van der Waals surface area contributed by atoms with Gasteiger partial charge in [-0.2, -0.15) is 0 Å². The summed E-state index contributed by atoms with van der Waals surface area (Å²) in [6, 6.07) is 0. The SMILES string of the molecule is CCCCC/C=C\C=C\C(=O)CCCCCCCC(=O)O[C@H](COC(=O)CCCCCCCCC(C)C)COP(=O)(O)OC[C@@H](O)CO. The highest BCUT2D eigenvalue weighted by atomic mass is 31.2. The van der Waals surface area contributed by atoms with Gasteiger partial charge in [-0.15, -0.1) is 0 Å². The number of carbonyl (C=O) groups is 3. The van der Waals surface area contributed by atoms with E-state index in [1.807, 2.05) is 6.08 Å². The minimum atomic E-state index is -4.64. The molecule has 0 amide bonds. The molecule has 0 aromatic rings. The minimum Gasteiger partial charge on any atom is -0.462 e. The number of phosphoric ester groups is 1. The molecular weight excluding hydrogens is 639 g/mol. The maximum absolute atomic E-state index is 12.5. The number of rotatable bonds is 33. The highest BCUT2D eigenvalue weighted by Crippen LogP contribution is 2.43. The van der Waals surface area contributed by atoms with Crippen molar-refractivity contribution in [3.8, 4) is 0 Å². The van der Waals surface area contributed by atoms with E-state index in [2.05, 4.69) is 31.4 Å². The Morgan fingerprint density at radius 3 is 1.94 bits per heavy atom. The predicted octanol–water partition coefficient (Wildman–Crippen LogP) is 7.70. The lowest BCUT2D eigenvalue weighted by Crippen LogP contribution is -2.29. The van der Waals surface area contributed by atoms with Crippen molar-refractivity contribution < 1.29 is 52.6 Å². The van der Waals surface area contributed by atoms with E-state index in [9.17, 15) is 28.9 Å². The van der Waals surface area contributed by atoms with Crippen LogP contribution in [0.1, 0.15) is 143 Å². The van der Waals surface area contributed by atoms with Gasteiger partial charge < -0.3 is 24.6 Å². The van der Waals surface area contributed by atoms with E-state index in [0.29, 0.717) is 25.2 Å². The first-order valence-electron chi connectivity index (χ1n) is 18.1. The summed E-state index contributed by atoms with van der Waals surface area (Å²) in [7, 11) is -4.64. The van der Waals surface area contributed by atoms with Gasteiger partial charge in [0.1, 0.15) is 12.7 Å². The van der Waals surface area contributed by atoms with E-state index in [4.69, 9.17) is 19.1 Å². The molecule has 0 aliphatic heterocycles. The van der Waals surface area contributed by atoms with Crippen molar-refractivity contribution in [1.29, 1.82) is 0 Å². The topological polar surface area (TPSA) is 166 Å². The number of aliphatic hydroxyl groups is 2. The molecule has 0 spiro atoms. The Morgan fingerprint density at radius 2 is 1.31 bits per heavy atom. The Kier molecular flexibility index (Phi) is 29.9. The molecule has 1 unspecified atom stereocenters. The van der Waals surface area contributed by atoms with Gasteiger partial charge in [0.05, 0.1) is 19.8 Å². The molecule has 3 atom stereocenters. The second kappa shape index (κ2) is 31.1. The number of carbonyl (C=O) groups excluding carboxylic acids is 3. The Hall–Kier alpha value is -1.88. The van der Waals surface area contributed by atoms with Gasteiger partial charge >= 0.3 is 19.8 Å². The van der Waals surface area contributed by atoms with Crippen molar-refractivity contribution in [1.82, 2.24) is 0 Å². The number of hydrogen-bond donors (Lipinski definition) is 3. The van der Waals surface area contributed by atoms with Crippen LogP contribution in [0, 0.1) is 5.92 Å². The summed E-state index contributed by atoms with van der Waals surface area (Å²) in [6.45, 7) is 4.37. The number of unbranched alkanes of at least 4 members (excludes halogenated alkanes) is 12. The summed E-state index contributed by atoms with van der Waals surface area (Å²) in [5.74, 6) is -0.215. The van der Waals surface area contributed by atoms with E-state index in [0.717, 1.165) is 57.8 Å². The number of esters is 2. The van der Waals surface area contributed by atoms with Crippen LogP contribution < -0.4 is 0 Å². The number of hydrogen-bond acceptors (Lipinski definition) is 10. The summed E-state index contributed by atoms with van der Waals surface area (Å²) >= 11 is 0. The molecule has 0 bridgehead atoms. The molecule has 0 aliphatic carbocycles. The smallest absolute Gasteiger partial charge is 0.462 e. The Morgan fingerprint density at radius 1 is 0.729 bits per heavy atom. The average molecular weight is 705 g/mol. The molecular formula is C36H65O11P. The zero-order valence-electron chi connectivity index (χ0n) is 29.9. The average Bonchev–Trinajstić information content (AvgIpc) is 3.05. The van der Waals surface area contributed by atoms with Crippen LogP contribution in [0.4, 0.5) is 0 Å². The summed E-state index contributed by atoms with van der Waals surface area (Å²) in [4.78, 5) is 46.7. The molecule has 0 aromatic carbocycles. The van der Waals surface area contributed by atoms with E-state index >= 15 is 0 Å². The van der Waals surface area contributed by atoms with Crippen molar-refractivity contribution >= 4 is 25.5 Å². The van der Waals surface area contributed by atoms with Gasteiger partial charge in [-0.1, -0.05) is 110 Å². The maximum Gasteiger partial charge on any atom is 0.472 e. The highest BCUT2D eigenvalue weighted by molar-refractivity contribution is 7.47. The fourth-order valence-electron chi connectivity index (χ4n) is 4.63. The highest BCUT2D eigenvalue weighted by Gasteiger charge is 2.27. The number of ketones is 1. The molecule has 12 heteroatoms. The molecule has 0 aliphatic rings. The second-order valence-corrected chi connectivity index (χ2v) is 14.2. The molecule has 280 valence electrons. The van der Waals surface area contributed by atoms with E-state index in [1.54, 1.807) is 12.2 Å². The second-order valence-electron chi connectivity index (χ2n) is 12.8. The predicted molar refractivity (Wildman–Crippen MR) is 187 cm³/mol. The Bertz CT molecular complexity index is 935. The molecule has 0 saturated carbocycles. The van der Waals surface area contributed by atoms with Crippen LogP contribution in [-0.2, 0) is 37.5 Å². The lowest BCUT2D eigenvalue weighted by Gasteiger charge is -2.20. The monoisotopic (exact) mass is 704 g/mol. The van der Waals surface area contributed by atoms with Crippen LogP contribution in [0.15, 0.2) is 24.3 Å². The molecule has 0 aromatic heterocycles. The number of ether oxygens (including phenoxy) is 2. The first kappa shape index (κ1) is 46.1. The first-order valence-corrected chi connectivity index (χ1v) is 19.6. The van der Waals surface area contributed by atoms with Crippen molar-refractivity contribution in [2.45, 2.75) is 155 Å². The van der Waals surface area contributed by atoms with Gasteiger partial charge in [-0.3, -0.25) is 23.4 Å². The van der Waals surface area contributed by atoms with Crippen LogP contribution in [0.25, 0.3) is 0 Å². The van der Waals surface area contributed by atoms with Crippen LogP contribution in [-0.4, -0.2) is 71.5 Å². The minimum absolute atomic E-state index is 0.0978. The van der Waals surface area contributed by atoms with Gasteiger partial charge in [0, 0.05) is 19.3 Å². The Labute approximate surface area is 289 Å². The quantitative estimate of drug-likeness (QED) is 0.0201. The van der Waals surface area contributed by atoms with Crippen molar-refractivity contribution in [3.05, 3.63) is 24.3 Å². The summed E-state index contributed by atoms with van der Waals surface area (Å²) < 4.78 is 32.4. The summed E-state index contributed by atoms with van der Waals surface area (Å²) in [6.07, 6.45) is 21.5. The van der Waals surface area contributed by atoms with Crippen LogP contribution in [0.2, 0.25) is 0 Å². The van der Waals surface area contributed by atoms with Crippen molar-refractivity contribution in [3.63, 3.8) is 0 Å². The molecule has 0 fully saturated rings. The normalized spacial score (nSPS) is 14.4. The molecule has 11 nitrogen and oxygen atoms in total. The third kappa shape index (κ3) is 31.4. The zero-order valence-corrected chi connectivity index (χ0v) is 30.8. The third-order valence-corrected chi connectivity index (χ3v) is 8.46. The van der Waals surface area contributed by atoms with E-state index in [1.165, 1.54) is 32.1 Å². The van der Waals surface area contributed by atoms with E-state index < -0.39 is 51.8 Å². The fourth-order valence-corrected chi connectivity index (χ4v) is 5.42. The summed E-state index contributed by atoms with van der Waals surface area (Å²) in [5.41, 5.74) is 0. The lowest BCUT2D eigenvalue weighted by molar-refractivity contribution is -0.161. The Balaban J connectivity index is 4.49. The lowest BCUT2D eigenvalue weighted by atomic mass is 10.0. The number of allylic oxidation sites excluding steroid dienone is 4. The molecule has 0 rings (SSSR count). The number of phosphoric acid groups is 1. The van der Waals surface area contributed by atoms with E-state index in [-0.39, 0.29) is 25.2 Å². The standard InChI is InChI=1S/C36H65O11P/c1-4-5-6-7-8-13-18-23-32(38)24-19-14-11-16-21-26-36(41)47-34(30-46-48(42,43)45-28-33(39)27-37)29-44-35(40)25-20-15-10-9-12-17-22-31(2)3/h8,13,18,23,31,33-34,37,39H,4-7,9-12,14-17,19-22,24-30H2,1-3H3,(H,42,43)/b13-8-,23-18+/t33-,34+/m0/s1. The molecule has 3 N–H and O–H groups in total. The first-order chi connectivity index (χ1) is 23.0. The van der Waals surface area contributed by atoms with Crippen LogP contribution in [0.5, 0.6) is 0 Å². The largest absolute Gasteiger partial charge is 0.472 e. The molecule has 0 saturated heterocycles. The molecule has 0 heterocycles. The van der Waals surface area contributed by atoms with Gasteiger partial charge in [0.2, 0.25) is 0 Å². The number of aliphatic hydroxyl groups excluding tert-OH is 2. The van der Waals surface area contributed by atoms with Crippen LogP contribution in [0.3, 0.4) is 0 Å². The van der Waals surface area contributed by atoms with Gasteiger partial charge in [-0.25, -0.2) is 4.57 Å². The maximum atomic E-state index is 12.5. The fraction of sp³-hybridized carbons (Fsp3) is 0.806. The van der Waals surface area contributed by atoms with Gasteiger partial charge in [-0.05, 0) is 44.1 Å². The van der Waals surface area contributed by atoms with Gasteiger partial charge in [0.15, 0.2) is 11.9 Å². The van der Waals surface area contributed by atoms with Crippen LogP contribution >= 0.6 is 7.82 Å². The third-order valence-electron chi connectivity index (χ3n) is 7.51. The summed E-state index contributed by atoms with van der Waals surface area (Å²) in [5, 5.41) is 18.2. The van der Waals surface area contributed by atoms with Gasteiger partial charge in [0.25, 0.3) is 0 Å². The van der Waals surface area contributed by atoms with Crippen molar-refractivity contribution in [2.75, 3.05) is 26.4 Å². The molecule has 0 radical (unpaired) electrons. The van der Waals surface area contributed by atoms with Crippen molar-refractivity contribution in [2.24, 2.45) is 5.92 Å². The zero-order chi connectivity index (χ0) is 35.9. The molecule has 48 heavy (non-hydrogen) atoms.